The Hall–Kier alpha value is -1.26. The van der Waals surface area contributed by atoms with Crippen LogP contribution < -0.4 is 5.32 Å². The Labute approximate surface area is 121 Å². The molecule has 20 heavy (non-hydrogen) atoms. The van der Waals surface area contributed by atoms with Crippen molar-refractivity contribution in [2.75, 3.05) is 13.1 Å². The van der Waals surface area contributed by atoms with Gasteiger partial charge in [-0.1, -0.05) is 27.7 Å². The Balaban J connectivity index is 2.60. The number of carbonyl (C=O) groups excluding carboxylic acids is 1. The fourth-order valence-corrected chi connectivity index (χ4v) is 2.83. The Bertz CT molecular complexity index is 351. The molecule has 1 fully saturated rings. The fraction of sp³-hybridized carbons (Fsp3) is 0.867. The first-order chi connectivity index (χ1) is 9.33. The van der Waals surface area contributed by atoms with E-state index in [-0.39, 0.29) is 29.8 Å². The van der Waals surface area contributed by atoms with Crippen molar-refractivity contribution in [3.63, 3.8) is 0 Å². The van der Waals surface area contributed by atoms with Crippen LogP contribution >= 0.6 is 0 Å². The molecule has 116 valence electrons. The topological polar surface area (TPSA) is 69.6 Å². The third-order valence-electron chi connectivity index (χ3n) is 4.73. The summed E-state index contributed by atoms with van der Waals surface area (Å²) >= 11 is 0. The Kier molecular flexibility index (Phi) is 5.84. The van der Waals surface area contributed by atoms with Gasteiger partial charge < -0.3 is 15.3 Å². The van der Waals surface area contributed by atoms with E-state index < -0.39 is 5.97 Å². The highest BCUT2D eigenvalue weighted by atomic mass is 16.4. The lowest BCUT2D eigenvalue weighted by Crippen LogP contribution is -2.47. The van der Waals surface area contributed by atoms with Crippen LogP contribution in [0.25, 0.3) is 0 Å². The summed E-state index contributed by atoms with van der Waals surface area (Å²) in [6.07, 6.45) is 3.18. The van der Waals surface area contributed by atoms with E-state index in [2.05, 4.69) is 19.2 Å². The average molecular weight is 284 g/mol. The smallest absolute Gasteiger partial charge is 0.317 e. The number of carboxylic acids is 1. The predicted molar refractivity (Wildman–Crippen MR) is 78.6 cm³/mol. The van der Waals surface area contributed by atoms with Crippen molar-refractivity contribution in [3.05, 3.63) is 0 Å². The van der Waals surface area contributed by atoms with Crippen molar-refractivity contribution in [1.82, 2.24) is 10.2 Å². The lowest BCUT2D eigenvalue weighted by Gasteiger charge is -2.28. The second-order valence-electron chi connectivity index (χ2n) is 6.28. The highest BCUT2D eigenvalue weighted by Gasteiger charge is 2.37. The second kappa shape index (κ2) is 6.95. The van der Waals surface area contributed by atoms with Crippen LogP contribution in [0.15, 0.2) is 0 Å². The molecule has 2 amide bonds. The van der Waals surface area contributed by atoms with Crippen molar-refractivity contribution >= 4 is 12.0 Å². The van der Waals surface area contributed by atoms with Crippen LogP contribution in [0.2, 0.25) is 0 Å². The number of carboxylic acid groups (broad SMARTS) is 1. The van der Waals surface area contributed by atoms with E-state index in [1.807, 2.05) is 18.7 Å². The fourth-order valence-electron chi connectivity index (χ4n) is 2.83. The van der Waals surface area contributed by atoms with Crippen LogP contribution in [-0.2, 0) is 4.79 Å². The number of nitrogens with one attached hydrogen (secondary N) is 1. The van der Waals surface area contributed by atoms with Gasteiger partial charge in [-0.2, -0.15) is 0 Å². The number of nitrogens with zero attached hydrogens (tertiary/aromatic N) is 1. The van der Waals surface area contributed by atoms with Gasteiger partial charge in [0, 0.05) is 19.1 Å². The summed E-state index contributed by atoms with van der Waals surface area (Å²) < 4.78 is 0. The van der Waals surface area contributed by atoms with Crippen LogP contribution in [0.5, 0.6) is 0 Å². The third-order valence-corrected chi connectivity index (χ3v) is 4.73. The van der Waals surface area contributed by atoms with Gasteiger partial charge in [0.25, 0.3) is 0 Å². The van der Waals surface area contributed by atoms with Crippen LogP contribution in [0.3, 0.4) is 0 Å². The summed E-state index contributed by atoms with van der Waals surface area (Å²) in [5.41, 5.74) is 0.247. The molecule has 5 nitrogen and oxygen atoms in total. The molecule has 1 aliphatic heterocycles. The highest BCUT2D eigenvalue weighted by Crippen LogP contribution is 2.36. The van der Waals surface area contributed by atoms with E-state index in [4.69, 9.17) is 5.11 Å². The molecule has 1 heterocycles. The van der Waals surface area contributed by atoms with Crippen LogP contribution in [-0.4, -0.2) is 41.1 Å². The van der Waals surface area contributed by atoms with E-state index in [9.17, 15) is 9.59 Å². The van der Waals surface area contributed by atoms with Gasteiger partial charge in [0.2, 0.25) is 0 Å². The maximum absolute atomic E-state index is 12.3. The first-order valence-corrected chi connectivity index (χ1v) is 7.60. The highest BCUT2D eigenvalue weighted by molar-refractivity contribution is 5.76. The summed E-state index contributed by atoms with van der Waals surface area (Å²) in [4.78, 5) is 25.0. The minimum Gasteiger partial charge on any atom is -0.481 e. The number of likely N-dealkylation sites (tertiary alicyclic amines) is 1. The standard InChI is InChI=1S/C15H28N2O3/c1-5-15(6-2)7-8-17(10-15)14(20)16-12(11(3)4)9-13(18)19/h11-12H,5-10H2,1-4H3,(H,16,20)(H,18,19). The molecule has 1 unspecified atom stereocenters. The normalized spacial score (nSPS) is 19.1. The first kappa shape index (κ1) is 16.8. The number of rotatable bonds is 6. The summed E-state index contributed by atoms with van der Waals surface area (Å²) in [6, 6.07) is -0.424. The third kappa shape index (κ3) is 4.12. The molecular formula is C15H28N2O3. The Morgan fingerprint density at radius 2 is 1.90 bits per heavy atom. The molecule has 5 heteroatoms. The maximum atomic E-state index is 12.3. The van der Waals surface area contributed by atoms with Crippen molar-refractivity contribution in [2.45, 2.75) is 59.4 Å². The van der Waals surface area contributed by atoms with Gasteiger partial charge in [-0.15, -0.1) is 0 Å². The quantitative estimate of drug-likeness (QED) is 0.788. The Morgan fingerprint density at radius 3 is 2.30 bits per heavy atom. The van der Waals surface area contributed by atoms with Gasteiger partial charge in [0.05, 0.1) is 6.42 Å². The zero-order valence-corrected chi connectivity index (χ0v) is 13.1. The zero-order valence-electron chi connectivity index (χ0n) is 13.1. The molecule has 0 aromatic rings. The van der Waals surface area contributed by atoms with E-state index in [0.717, 1.165) is 32.4 Å². The summed E-state index contributed by atoms with van der Waals surface area (Å²) in [7, 11) is 0. The average Bonchev–Trinajstić information content (AvgIpc) is 2.82. The number of urea groups is 1. The number of carbonyl (C=O) groups is 2. The van der Waals surface area contributed by atoms with Gasteiger partial charge in [-0.3, -0.25) is 4.79 Å². The summed E-state index contributed by atoms with van der Waals surface area (Å²) in [5.74, 6) is -0.762. The van der Waals surface area contributed by atoms with Gasteiger partial charge in [-0.05, 0) is 30.6 Å². The summed E-state index contributed by atoms with van der Waals surface area (Å²) in [5, 5.41) is 11.8. The molecule has 0 saturated carbocycles. The molecular weight excluding hydrogens is 256 g/mol. The van der Waals surface area contributed by atoms with Gasteiger partial charge >= 0.3 is 12.0 Å². The largest absolute Gasteiger partial charge is 0.481 e. The number of hydrogen-bond acceptors (Lipinski definition) is 2. The summed E-state index contributed by atoms with van der Waals surface area (Å²) in [6.45, 7) is 9.76. The molecule has 0 radical (unpaired) electrons. The van der Waals surface area contributed by atoms with Gasteiger partial charge in [0.1, 0.15) is 0 Å². The predicted octanol–water partition coefficient (Wildman–Crippen LogP) is 2.71. The minimum atomic E-state index is -0.873. The second-order valence-corrected chi connectivity index (χ2v) is 6.28. The Morgan fingerprint density at radius 1 is 1.30 bits per heavy atom. The lowest BCUT2D eigenvalue weighted by atomic mass is 9.82. The van der Waals surface area contributed by atoms with Crippen LogP contribution in [0.4, 0.5) is 4.79 Å². The van der Waals surface area contributed by atoms with E-state index in [1.54, 1.807) is 0 Å². The molecule has 0 bridgehead atoms. The number of hydrogen-bond donors (Lipinski definition) is 2. The van der Waals surface area contributed by atoms with E-state index >= 15 is 0 Å². The van der Waals surface area contributed by atoms with Crippen molar-refractivity contribution in [2.24, 2.45) is 11.3 Å². The molecule has 2 N–H and O–H groups in total. The zero-order chi connectivity index (χ0) is 15.3. The van der Waals surface area contributed by atoms with E-state index in [0.29, 0.717) is 0 Å². The molecule has 1 aliphatic rings. The molecule has 1 rings (SSSR count). The number of amides is 2. The van der Waals surface area contributed by atoms with Crippen molar-refractivity contribution < 1.29 is 14.7 Å². The minimum absolute atomic E-state index is 0.0239. The molecule has 1 saturated heterocycles. The SMILES string of the molecule is CCC1(CC)CCN(C(=O)NC(CC(=O)O)C(C)C)C1. The lowest BCUT2D eigenvalue weighted by molar-refractivity contribution is -0.137. The van der Waals surface area contributed by atoms with Crippen molar-refractivity contribution in [3.8, 4) is 0 Å². The molecule has 0 aliphatic carbocycles. The first-order valence-electron chi connectivity index (χ1n) is 7.60. The van der Waals surface area contributed by atoms with Gasteiger partial charge in [0.15, 0.2) is 0 Å². The maximum Gasteiger partial charge on any atom is 0.317 e. The van der Waals surface area contributed by atoms with Crippen LogP contribution in [0.1, 0.15) is 53.4 Å². The monoisotopic (exact) mass is 284 g/mol. The number of aliphatic carboxylic acids is 1. The van der Waals surface area contributed by atoms with E-state index in [1.165, 1.54) is 0 Å². The molecule has 1 atom stereocenters. The molecule has 0 spiro atoms. The molecule has 0 aromatic carbocycles. The van der Waals surface area contributed by atoms with Crippen LogP contribution in [0, 0.1) is 11.3 Å². The molecule has 0 aromatic heterocycles. The van der Waals surface area contributed by atoms with Crippen molar-refractivity contribution in [1.29, 1.82) is 0 Å². The van der Waals surface area contributed by atoms with Gasteiger partial charge in [-0.25, -0.2) is 4.79 Å².